The molecule has 0 bridgehead atoms. The molecule has 6 aromatic carbocycles. The number of fused-ring (bicyclic) bond motifs is 1. The van der Waals surface area contributed by atoms with Gasteiger partial charge in [-0.25, -0.2) is 4.79 Å². The van der Waals surface area contributed by atoms with Crippen LogP contribution in [0.3, 0.4) is 0 Å². The van der Waals surface area contributed by atoms with E-state index in [0.717, 1.165) is 10.4 Å². The number of pyridine rings is 1. The van der Waals surface area contributed by atoms with Gasteiger partial charge >= 0.3 is 5.97 Å². The molecule has 0 unspecified atom stereocenters. The first-order valence-electron chi connectivity index (χ1n) is 17.3. The summed E-state index contributed by atoms with van der Waals surface area (Å²) >= 11 is 7.54. The van der Waals surface area contributed by atoms with Gasteiger partial charge in [0.15, 0.2) is 17.2 Å². The summed E-state index contributed by atoms with van der Waals surface area (Å²) in [4.78, 5) is 17.2. The van der Waals surface area contributed by atoms with Crippen molar-refractivity contribution >= 4 is 50.6 Å². The maximum Gasteiger partial charge on any atom is 0.336 e. The Morgan fingerprint density at radius 1 is 0.554 bits per heavy atom. The van der Waals surface area contributed by atoms with E-state index in [1.54, 1.807) is 54.9 Å². The summed E-state index contributed by atoms with van der Waals surface area (Å²) in [7, 11) is 0. The Bertz CT molecular complexity index is 2620. The number of carbonyl (C=O) groups is 1. The summed E-state index contributed by atoms with van der Waals surface area (Å²) in [6, 6.07) is 47.5. The molecule has 0 spiro atoms. The zero-order valence-electron chi connectivity index (χ0n) is 29.4. The second-order valence-electron chi connectivity index (χ2n) is 12.2. The molecule has 0 radical (unpaired) electrons. The lowest BCUT2D eigenvalue weighted by molar-refractivity contribution is -0.130. The van der Waals surface area contributed by atoms with E-state index in [-0.39, 0.29) is 5.57 Å². The van der Waals surface area contributed by atoms with Gasteiger partial charge in [-0.1, -0.05) is 48.0 Å². The number of ether oxygens (including phenoxy) is 5. The molecule has 0 atom stereocenters. The van der Waals surface area contributed by atoms with Crippen LogP contribution in [0.1, 0.15) is 10.4 Å². The number of nitrogens with zero attached hydrogens (tertiary/aromatic N) is 1. The largest absolute Gasteiger partial charge is 0.478 e. The molecular weight excluding hydrogens is 746 g/mol. The molecule has 8 rings (SSSR count). The van der Waals surface area contributed by atoms with Crippen molar-refractivity contribution in [3.05, 3.63) is 186 Å². The number of aromatic nitrogens is 1. The van der Waals surface area contributed by atoms with Gasteiger partial charge in [-0.3, -0.25) is 4.98 Å². The average Bonchev–Trinajstić information content (AvgIpc) is 3.55. The predicted octanol–water partition coefficient (Wildman–Crippen LogP) is 13.5. The molecule has 2 aromatic heterocycles. The second-order valence-corrected chi connectivity index (χ2v) is 13.7. The van der Waals surface area contributed by atoms with Crippen molar-refractivity contribution in [1.29, 1.82) is 0 Å². The first-order valence-corrected chi connectivity index (χ1v) is 18.5. The van der Waals surface area contributed by atoms with E-state index >= 15 is 0 Å². The maximum atomic E-state index is 12.6. The zero-order valence-corrected chi connectivity index (χ0v) is 30.9. The number of hydrogen-bond acceptors (Lipinski definition) is 8. The molecule has 0 aliphatic rings. The number of hydrogen-bond donors (Lipinski definition) is 1. The minimum Gasteiger partial charge on any atom is -0.478 e. The number of carboxylic acids is 1. The SMILES string of the molecule is O=C(O)/C(=C/c1sc2cc(Oc3ccc(Oc4ccccc4)cc3)c(Oc3ccc(Oc4ccccc4)cc3)cc2c1Oc1ccc(Cl)cc1)c1ccncc1. The fourth-order valence-corrected chi connectivity index (χ4v) is 6.88. The molecule has 8 nitrogen and oxygen atoms in total. The molecule has 1 N–H and O–H groups in total. The van der Waals surface area contributed by atoms with Gasteiger partial charge in [0.2, 0.25) is 0 Å². The molecule has 0 saturated heterocycles. The fraction of sp³-hybridized carbons (Fsp3) is 0. The molecular formula is C46H30ClNO7S. The lowest BCUT2D eigenvalue weighted by atomic mass is 10.1. The molecule has 0 fully saturated rings. The number of carboxylic acid groups (broad SMARTS) is 1. The van der Waals surface area contributed by atoms with E-state index in [0.29, 0.717) is 72.6 Å². The second kappa shape index (κ2) is 16.5. The molecule has 0 aliphatic heterocycles. The van der Waals surface area contributed by atoms with Crippen LogP contribution in [0.2, 0.25) is 5.02 Å². The smallest absolute Gasteiger partial charge is 0.336 e. The van der Waals surface area contributed by atoms with Crippen LogP contribution >= 0.6 is 22.9 Å². The molecule has 8 aromatic rings. The van der Waals surface area contributed by atoms with Crippen molar-refractivity contribution in [3.63, 3.8) is 0 Å². The van der Waals surface area contributed by atoms with Gasteiger partial charge in [-0.05, 0) is 127 Å². The van der Waals surface area contributed by atoms with Gasteiger partial charge in [0.05, 0.1) is 10.5 Å². The minimum atomic E-state index is -1.10. The van der Waals surface area contributed by atoms with Gasteiger partial charge in [-0.2, -0.15) is 0 Å². The van der Waals surface area contributed by atoms with Crippen LogP contribution in [-0.2, 0) is 4.79 Å². The normalized spacial score (nSPS) is 11.2. The van der Waals surface area contributed by atoms with Gasteiger partial charge in [0.25, 0.3) is 0 Å². The van der Waals surface area contributed by atoms with E-state index in [9.17, 15) is 9.90 Å². The van der Waals surface area contributed by atoms with Crippen LogP contribution in [0.4, 0.5) is 0 Å². The number of rotatable bonds is 13. The number of halogens is 1. The molecule has 2 heterocycles. The Balaban J connectivity index is 1.20. The number of para-hydroxylation sites is 2. The van der Waals surface area contributed by atoms with Crippen molar-refractivity contribution in [1.82, 2.24) is 4.98 Å². The third-order valence-electron chi connectivity index (χ3n) is 8.33. The van der Waals surface area contributed by atoms with Crippen molar-refractivity contribution in [2.75, 3.05) is 0 Å². The van der Waals surface area contributed by atoms with Crippen LogP contribution in [0.25, 0.3) is 21.7 Å². The van der Waals surface area contributed by atoms with E-state index in [1.807, 2.05) is 121 Å². The lowest BCUT2D eigenvalue weighted by Gasteiger charge is -2.14. The molecule has 0 saturated carbocycles. The van der Waals surface area contributed by atoms with Gasteiger partial charge in [0.1, 0.15) is 40.2 Å². The number of benzene rings is 6. The summed E-state index contributed by atoms with van der Waals surface area (Å²) in [5.74, 6) is 4.46. The first kappa shape index (κ1) is 35.9. The first-order chi connectivity index (χ1) is 27.4. The Morgan fingerprint density at radius 3 is 1.52 bits per heavy atom. The summed E-state index contributed by atoms with van der Waals surface area (Å²) in [6.45, 7) is 0. The van der Waals surface area contributed by atoms with Crippen LogP contribution in [0.5, 0.6) is 57.5 Å². The minimum absolute atomic E-state index is 0.0727. The Labute approximate surface area is 331 Å². The van der Waals surface area contributed by atoms with Gasteiger partial charge in [0, 0.05) is 33.6 Å². The summed E-state index contributed by atoms with van der Waals surface area (Å²) in [5, 5.41) is 11.5. The van der Waals surface area contributed by atoms with Crippen LogP contribution in [0.15, 0.2) is 170 Å². The molecule has 0 aliphatic carbocycles. The van der Waals surface area contributed by atoms with Gasteiger partial charge < -0.3 is 28.8 Å². The number of aliphatic carboxylic acids is 1. The summed E-state index contributed by atoms with van der Waals surface area (Å²) < 4.78 is 32.3. The lowest BCUT2D eigenvalue weighted by Crippen LogP contribution is -1.99. The van der Waals surface area contributed by atoms with Gasteiger partial charge in [-0.15, -0.1) is 11.3 Å². The zero-order chi connectivity index (χ0) is 38.3. The highest BCUT2D eigenvalue weighted by atomic mass is 35.5. The van der Waals surface area contributed by atoms with Crippen molar-refractivity contribution in [3.8, 4) is 57.5 Å². The van der Waals surface area contributed by atoms with E-state index < -0.39 is 5.97 Å². The van der Waals surface area contributed by atoms with E-state index in [1.165, 1.54) is 11.3 Å². The highest BCUT2D eigenvalue weighted by Gasteiger charge is 2.21. The van der Waals surface area contributed by atoms with Crippen LogP contribution < -0.4 is 23.7 Å². The molecule has 10 heteroatoms. The molecule has 56 heavy (non-hydrogen) atoms. The topological polar surface area (TPSA) is 96.3 Å². The Hall–Kier alpha value is -7.07. The van der Waals surface area contributed by atoms with E-state index in [4.69, 9.17) is 35.3 Å². The van der Waals surface area contributed by atoms with Crippen molar-refractivity contribution in [2.24, 2.45) is 0 Å². The van der Waals surface area contributed by atoms with Crippen LogP contribution in [-0.4, -0.2) is 16.1 Å². The maximum absolute atomic E-state index is 12.6. The van der Waals surface area contributed by atoms with Crippen molar-refractivity contribution in [2.45, 2.75) is 0 Å². The monoisotopic (exact) mass is 775 g/mol. The van der Waals surface area contributed by atoms with Crippen molar-refractivity contribution < 1.29 is 33.6 Å². The summed E-state index contributed by atoms with van der Waals surface area (Å²) in [6.07, 6.45) is 4.71. The molecule has 274 valence electrons. The third kappa shape index (κ3) is 8.66. The Kier molecular flexibility index (Phi) is 10.6. The molecule has 0 amide bonds. The quantitative estimate of drug-likeness (QED) is 0.116. The third-order valence-corrected chi connectivity index (χ3v) is 9.66. The standard InChI is InChI=1S/C46H30ClNO7S/c47-31-11-13-38(14-12-31)55-45-40-27-41(53-36-19-15-34(16-20-36)51-32-7-3-1-4-8-32)42(54-37-21-17-35(18-22-37)52-33-9-5-2-6-10-33)29-43(40)56-44(45)28-39(46(49)50)30-23-25-48-26-24-30/h1-29H,(H,49,50)/b39-28+. The highest BCUT2D eigenvalue weighted by Crippen LogP contribution is 2.48. The summed E-state index contributed by atoms with van der Waals surface area (Å²) in [5.41, 5.74) is 0.568. The highest BCUT2D eigenvalue weighted by molar-refractivity contribution is 7.20. The predicted molar refractivity (Wildman–Crippen MR) is 219 cm³/mol. The fourth-order valence-electron chi connectivity index (χ4n) is 5.67. The Morgan fingerprint density at radius 2 is 1.00 bits per heavy atom. The average molecular weight is 776 g/mol. The van der Waals surface area contributed by atoms with E-state index in [2.05, 4.69) is 4.98 Å². The van der Waals surface area contributed by atoms with Crippen LogP contribution in [0, 0.1) is 0 Å². The number of thiophene rings is 1.